The quantitative estimate of drug-likeness (QED) is 0.412. The molecule has 11 heteroatoms. The van der Waals surface area contributed by atoms with E-state index in [1.807, 2.05) is 0 Å². The van der Waals surface area contributed by atoms with Crippen LogP contribution >= 0.6 is 15.9 Å². The molecule has 0 amide bonds. The van der Waals surface area contributed by atoms with E-state index in [9.17, 15) is 22.0 Å². The molecule has 3 rings (SSSR count). The Morgan fingerprint density at radius 3 is 2.47 bits per heavy atom. The van der Waals surface area contributed by atoms with Crippen molar-refractivity contribution in [3.63, 3.8) is 0 Å². The summed E-state index contributed by atoms with van der Waals surface area (Å²) in [5, 5.41) is 3.40. The lowest BCUT2D eigenvalue weighted by Gasteiger charge is -2.19. The number of ether oxygens (including phenoxy) is 1. The molecular weight excluding hydrogens is 475 g/mol. The number of pyridine rings is 1. The van der Waals surface area contributed by atoms with E-state index >= 15 is 0 Å². The second kappa shape index (κ2) is 9.07. The Hall–Kier alpha value is -2.56. The molecule has 1 atom stereocenters. The molecule has 0 aliphatic heterocycles. The number of benzene rings is 1. The number of nitrogens with one attached hydrogen (secondary N) is 1. The van der Waals surface area contributed by atoms with Crippen molar-refractivity contribution in [1.29, 1.82) is 0 Å². The van der Waals surface area contributed by atoms with E-state index in [-0.39, 0.29) is 22.9 Å². The monoisotopic (exact) mass is 490 g/mol. The Kier molecular flexibility index (Phi) is 6.69. The average molecular weight is 491 g/mol. The Morgan fingerprint density at radius 2 is 1.80 bits per heavy atom. The van der Waals surface area contributed by atoms with Crippen molar-refractivity contribution in [2.75, 3.05) is 11.9 Å². The van der Waals surface area contributed by atoms with Crippen molar-refractivity contribution in [3.8, 4) is 5.88 Å². The second-order valence-electron chi connectivity index (χ2n) is 6.39. The number of halogens is 6. The highest BCUT2D eigenvalue weighted by atomic mass is 79.9. The van der Waals surface area contributed by atoms with Gasteiger partial charge in [0.2, 0.25) is 5.88 Å². The van der Waals surface area contributed by atoms with Gasteiger partial charge in [-0.1, -0.05) is 18.2 Å². The molecule has 30 heavy (non-hydrogen) atoms. The van der Waals surface area contributed by atoms with Crippen molar-refractivity contribution >= 4 is 32.8 Å². The molecule has 0 aliphatic rings. The first-order valence-corrected chi connectivity index (χ1v) is 9.55. The Morgan fingerprint density at radius 1 is 1.10 bits per heavy atom. The van der Waals surface area contributed by atoms with Crippen LogP contribution in [0.2, 0.25) is 0 Å². The van der Waals surface area contributed by atoms with Crippen molar-refractivity contribution < 1.29 is 26.7 Å². The van der Waals surface area contributed by atoms with Gasteiger partial charge in [0.15, 0.2) is 12.3 Å². The highest BCUT2D eigenvalue weighted by Crippen LogP contribution is 2.33. The van der Waals surface area contributed by atoms with Crippen molar-refractivity contribution in [3.05, 3.63) is 51.5 Å². The van der Waals surface area contributed by atoms with E-state index in [1.165, 1.54) is 18.2 Å². The number of rotatable bonds is 7. The minimum atomic E-state index is -2.94. The minimum Gasteiger partial charge on any atom is -0.471 e. The number of alkyl halides is 4. The standard InChI is InChI=1S/C19H16BrF5N4O/c1-8(10-4-3-5-11(15(10)23)16(24)25)26-17-12-6-13(20)19(30-7-14(21)22)29-18(12)28-9(2)27-17/h3-6,8,14,16H,7H2,1-2H3,(H,26,27,28,29)/t8-/m1/s1. The fourth-order valence-electron chi connectivity index (χ4n) is 2.83. The van der Waals surface area contributed by atoms with Crippen LogP contribution in [0.1, 0.15) is 36.3 Å². The van der Waals surface area contributed by atoms with Crippen LogP contribution in [0.3, 0.4) is 0 Å². The Bertz CT molecular complexity index is 1070. The number of fused-ring (bicyclic) bond motifs is 1. The smallest absolute Gasteiger partial charge is 0.272 e. The molecule has 0 spiro atoms. The average Bonchev–Trinajstić information content (AvgIpc) is 2.66. The number of hydrogen-bond donors (Lipinski definition) is 1. The van der Waals surface area contributed by atoms with Gasteiger partial charge < -0.3 is 10.1 Å². The molecule has 0 saturated carbocycles. The lowest BCUT2D eigenvalue weighted by Crippen LogP contribution is -2.13. The molecule has 1 aromatic carbocycles. The summed E-state index contributed by atoms with van der Waals surface area (Å²) >= 11 is 3.21. The molecule has 160 valence electrons. The summed E-state index contributed by atoms with van der Waals surface area (Å²) in [7, 11) is 0. The summed E-state index contributed by atoms with van der Waals surface area (Å²) < 4.78 is 70.6. The predicted octanol–water partition coefficient (Wildman–Crippen LogP) is 5.99. The Balaban J connectivity index is 1.98. The Labute approximate surface area is 176 Å². The van der Waals surface area contributed by atoms with Crippen molar-refractivity contribution in [2.45, 2.75) is 32.7 Å². The first-order valence-electron chi connectivity index (χ1n) is 8.76. The third kappa shape index (κ3) is 4.77. The number of aryl methyl sites for hydroxylation is 1. The molecule has 0 saturated heterocycles. The van der Waals surface area contributed by atoms with E-state index < -0.39 is 36.9 Å². The normalized spacial score (nSPS) is 12.6. The van der Waals surface area contributed by atoms with Gasteiger partial charge in [-0.05, 0) is 35.8 Å². The van der Waals surface area contributed by atoms with Gasteiger partial charge in [-0.2, -0.15) is 4.98 Å². The molecule has 3 aromatic rings. The maximum atomic E-state index is 14.5. The molecule has 0 fully saturated rings. The van der Waals surface area contributed by atoms with Gasteiger partial charge in [-0.15, -0.1) is 0 Å². The lowest BCUT2D eigenvalue weighted by molar-refractivity contribution is 0.0793. The van der Waals surface area contributed by atoms with Gasteiger partial charge in [0.05, 0.1) is 21.5 Å². The van der Waals surface area contributed by atoms with Gasteiger partial charge in [-0.25, -0.2) is 31.9 Å². The number of nitrogens with zero attached hydrogens (tertiary/aromatic N) is 3. The first kappa shape index (κ1) is 22.1. The molecule has 5 nitrogen and oxygen atoms in total. The molecule has 2 aromatic heterocycles. The SMILES string of the molecule is Cc1nc(N[C@H](C)c2cccc(C(F)F)c2F)c2cc(Br)c(OCC(F)F)nc2n1. The highest BCUT2D eigenvalue weighted by Gasteiger charge is 2.21. The molecule has 0 aliphatic carbocycles. The number of hydrogen-bond acceptors (Lipinski definition) is 5. The van der Waals surface area contributed by atoms with Crippen LogP contribution in [0, 0.1) is 12.7 Å². The second-order valence-corrected chi connectivity index (χ2v) is 7.24. The number of anilines is 1. The molecular formula is C19H16BrF5N4O. The zero-order chi connectivity index (χ0) is 22.0. The van der Waals surface area contributed by atoms with Gasteiger partial charge in [0.1, 0.15) is 17.5 Å². The lowest BCUT2D eigenvalue weighted by atomic mass is 10.0. The van der Waals surface area contributed by atoms with Crippen LogP contribution in [0.4, 0.5) is 27.8 Å². The summed E-state index contributed by atoms with van der Waals surface area (Å²) in [6, 6.07) is 4.60. The molecule has 0 radical (unpaired) electrons. The zero-order valence-corrected chi connectivity index (χ0v) is 17.4. The maximum absolute atomic E-state index is 14.5. The summed E-state index contributed by atoms with van der Waals surface area (Å²) in [6.07, 6.45) is -5.61. The summed E-state index contributed by atoms with van der Waals surface area (Å²) in [6.45, 7) is 2.36. The van der Waals surface area contributed by atoms with E-state index in [0.29, 0.717) is 15.7 Å². The predicted molar refractivity (Wildman–Crippen MR) is 105 cm³/mol. The topological polar surface area (TPSA) is 59.9 Å². The van der Waals surface area contributed by atoms with E-state index in [4.69, 9.17) is 4.74 Å². The first-order chi connectivity index (χ1) is 14.2. The van der Waals surface area contributed by atoms with Crippen LogP contribution in [-0.2, 0) is 0 Å². The van der Waals surface area contributed by atoms with Crippen LogP contribution < -0.4 is 10.1 Å². The van der Waals surface area contributed by atoms with Crippen LogP contribution in [0.5, 0.6) is 5.88 Å². The van der Waals surface area contributed by atoms with Gasteiger partial charge >= 0.3 is 0 Å². The van der Waals surface area contributed by atoms with E-state index in [2.05, 4.69) is 36.2 Å². The summed E-state index contributed by atoms with van der Waals surface area (Å²) in [4.78, 5) is 12.6. The van der Waals surface area contributed by atoms with E-state index in [0.717, 1.165) is 6.07 Å². The summed E-state index contributed by atoms with van der Waals surface area (Å²) in [5.41, 5.74) is -0.470. The minimum absolute atomic E-state index is 0.0427. The van der Waals surface area contributed by atoms with Crippen LogP contribution in [0.15, 0.2) is 28.7 Å². The third-order valence-corrected chi connectivity index (χ3v) is 4.75. The molecule has 1 N–H and O–H groups in total. The summed E-state index contributed by atoms with van der Waals surface area (Å²) in [5.74, 6) is -0.464. The molecule has 0 bridgehead atoms. The van der Waals surface area contributed by atoms with Crippen molar-refractivity contribution in [1.82, 2.24) is 15.0 Å². The van der Waals surface area contributed by atoms with Crippen LogP contribution in [-0.4, -0.2) is 28.0 Å². The maximum Gasteiger partial charge on any atom is 0.272 e. The fraction of sp³-hybridized carbons (Fsp3) is 0.316. The zero-order valence-electron chi connectivity index (χ0n) is 15.8. The van der Waals surface area contributed by atoms with E-state index in [1.54, 1.807) is 13.8 Å². The molecule has 2 heterocycles. The van der Waals surface area contributed by atoms with Crippen LogP contribution in [0.25, 0.3) is 11.0 Å². The van der Waals surface area contributed by atoms with Crippen molar-refractivity contribution in [2.24, 2.45) is 0 Å². The highest BCUT2D eigenvalue weighted by molar-refractivity contribution is 9.10. The fourth-order valence-corrected chi connectivity index (χ4v) is 3.26. The molecule has 0 unspecified atom stereocenters. The number of aromatic nitrogens is 3. The van der Waals surface area contributed by atoms with Gasteiger partial charge in [0, 0.05) is 5.56 Å². The van der Waals surface area contributed by atoms with Gasteiger partial charge in [0.25, 0.3) is 12.9 Å². The third-order valence-electron chi connectivity index (χ3n) is 4.18. The van der Waals surface area contributed by atoms with Gasteiger partial charge in [-0.3, -0.25) is 0 Å². The largest absolute Gasteiger partial charge is 0.471 e.